The highest BCUT2D eigenvalue weighted by Gasteiger charge is 2.54. The number of hydrogen-bond donors (Lipinski definition) is 0. The average molecular weight is 440 g/mol. The molecule has 0 bridgehead atoms. The van der Waals surface area contributed by atoms with Crippen molar-refractivity contribution in [2.45, 2.75) is 43.8 Å². The topological polar surface area (TPSA) is 30.7 Å². The van der Waals surface area contributed by atoms with Gasteiger partial charge in [-0.1, -0.05) is 15.9 Å². The lowest BCUT2D eigenvalue weighted by molar-refractivity contribution is -0.118. The lowest BCUT2D eigenvalue weighted by Crippen LogP contribution is -2.52. The van der Waals surface area contributed by atoms with E-state index in [9.17, 15) is 17.4 Å². The second-order valence-electron chi connectivity index (χ2n) is 6.90. The standard InChI is InChI=1S/C17H21BrF3NO2S/c1-15(2,3)25(23)10-16(4,17(20,21)9-24-11-22-5)13-8-12(18)6-7-14(13)19/h6-8H,9-11H2,1-4H3/t16-,25-/m1/s1. The normalized spacial score (nSPS) is 16.1. The predicted octanol–water partition coefficient (Wildman–Crippen LogP) is 4.92. The first-order chi connectivity index (χ1) is 11.3. The maximum atomic E-state index is 15.0. The van der Waals surface area contributed by atoms with Crippen molar-refractivity contribution in [2.75, 3.05) is 19.1 Å². The molecular weight excluding hydrogens is 419 g/mol. The summed E-state index contributed by atoms with van der Waals surface area (Å²) in [5.41, 5.74) is -2.31. The van der Waals surface area contributed by atoms with Crippen LogP contribution in [0.15, 0.2) is 22.7 Å². The molecule has 1 aromatic carbocycles. The summed E-state index contributed by atoms with van der Waals surface area (Å²) in [4.78, 5) is 2.88. The number of halogens is 4. The first-order valence-electron chi connectivity index (χ1n) is 7.48. The number of alkyl halides is 2. The van der Waals surface area contributed by atoms with E-state index in [4.69, 9.17) is 11.3 Å². The smallest absolute Gasteiger partial charge is 0.306 e. The van der Waals surface area contributed by atoms with Gasteiger partial charge in [-0.15, -0.1) is 0 Å². The van der Waals surface area contributed by atoms with E-state index in [1.165, 1.54) is 19.1 Å². The molecule has 0 aliphatic rings. The van der Waals surface area contributed by atoms with Gasteiger partial charge in [0, 0.05) is 31.3 Å². The Balaban J connectivity index is 3.43. The molecule has 0 saturated carbocycles. The van der Waals surface area contributed by atoms with Crippen LogP contribution in [-0.4, -0.2) is 34.0 Å². The molecular formula is C17H21BrF3NO2S. The molecule has 0 fully saturated rings. The van der Waals surface area contributed by atoms with Gasteiger partial charge in [0.25, 0.3) is 5.92 Å². The first kappa shape index (κ1) is 22.1. The Labute approximate surface area is 157 Å². The van der Waals surface area contributed by atoms with Crippen molar-refractivity contribution >= 4 is 26.7 Å². The molecule has 1 rings (SSSR count). The van der Waals surface area contributed by atoms with E-state index in [-0.39, 0.29) is 5.56 Å². The Morgan fingerprint density at radius 1 is 1.28 bits per heavy atom. The van der Waals surface area contributed by atoms with Crippen LogP contribution in [0.2, 0.25) is 0 Å². The van der Waals surface area contributed by atoms with Crippen LogP contribution in [-0.2, 0) is 21.0 Å². The van der Waals surface area contributed by atoms with E-state index >= 15 is 0 Å². The summed E-state index contributed by atoms with van der Waals surface area (Å²) in [6.07, 6.45) is 0. The van der Waals surface area contributed by atoms with E-state index in [2.05, 4.69) is 20.8 Å². The highest BCUT2D eigenvalue weighted by molar-refractivity contribution is 9.10. The van der Waals surface area contributed by atoms with E-state index in [1.54, 1.807) is 20.8 Å². The van der Waals surface area contributed by atoms with Crippen molar-refractivity contribution in [3.8, 4) is 0 Å². The SMILES string of the molecule is [C-]#[N+]COCC(F)(F)[C@](C)(C[S@@](=O)C(C)(C)C)c1cc(Br)ccc1F. The monoisotopic (exact) mass is 439 g/mol. The predicted molar refractivity (Wildman–Crippen MR) is 96.6 cm³/mol. The maximum Gasteiger partial charge on any atom is 0.318 e. The molecule has 0 saturated heterocycles. The third-order valence-corrected chi connectivity index (χ3v) is 6.57. The molecule has 0 aliphatic heterocycles. The number of ether oxygens (including phenoxy) is 1. The summed E-state index contributed by atoms with van der Waals surface area (Å²) in [6.45, 7) is 11.3. The van der Waals surface area contributed by atoms with Gasteiger partial charge in [0.05, 0.1) is 5.41 Å². The zero-order valence-electron chi connectivity index (χ0n) is 14.5. The van der Waals surface area contributed by atoms with E-state index in [0.29, 0.717) is 4.47 Å². The zero-order chi connectivity index (χ0) is 19.5. The summed E-state index contributed by atoms with van der Waals surface area (Å²) in [5.74, 6) is -4.78. The number of rotatable bonds is 7. The van der Waals surface area contributed by atoms with Crippen molar-refractivity contribution in [1.29, 1.82) is 0 Å². The van der Waals surface area contributed by atoms with E-state index < -0.39 is 51.8 Å². The quantitative estimate of drug-likeness (QED) is 0.445. The van der Waals surface area contributed by atoms with Gasteiger partial charge in [0.1, 0.15) is 12.4 Å². The van der Waals surface area contributed by atoms with Crippen molar-refractivity contribution < 1.29 is 22.1 Å². The van der Waals surface area contributed by atoms with Crippen molar-refractivity contribution in [1.82, 2.24) is 0 Å². The molecule has 0 N–H and O–H groups in total. The van der Waals surface area contributed by atoms with Gasteiger partial charge in [-0.25, -0.2) is 19.7 Å². The Kier molecular flexibility index (Phi) is 7.25. The van der Waals surface area contributed by atoms with Crippen LogP contribution in [0.3, 0.4) is 0 Å². The van der Waals surface area contributed by atoms with Gasteiger partial charge in [-0.05, 0) is 45.9 Å². The van der Waals surface area contributed by atoms with Crippen LogP contribution in [0.4, 0.5) is 13.2 Å². The summed E-state index contributed by atoms with van der Waals surface area (Å²) >= 11 is 3.17. The zero-order valence-corrected chi connectivity index (χ0v) is 16.9. The van der Waals surface area contributed by atoms with Crippen molar-refractivity contribution in [3.05, 3.63) is 45.5 Å². The van der Waals surface area contributed by atoms with Crippen LogP contribution < -0.4 is 0 Å². The summed E-state index contributed by atoms with van der Waals surface area (Å²) in [5, 5.41) is 0. The fourth-order valence-electron chi connectivity index (χ4n) is 2.16. The molecule has 1 aromatic rings. The fourth-order valence-corrected chi connectivity index (χ4v) is 3.84. The molecule has 0 heterocycles. The Morgan fingerprint density at radius 3 is 2.40 bits per heavy atom. The minimum atomic E-state index is -3.53. The summed E-state index contributed by atoms with van der Waals surface area (Å²) < 4.78 is 61.4. The van der Waals surface area contributed by atoms with Gasteiger partial charge in [0.15, 0.2) is 0 Å². The lowest BCUT2D eigenvalue weighted by atomic mass is 9.78. The second-order valence-corrected chi connectivity index (χ2v) is 10.0. The van der Waals surface area contributed by atoms with Gasteiger partial charge in [0.2, 0.25) is 0 Å². The Morgan fingerprint density at radius 2 is 1.88 bits per heavy atom. The van der Waals surface area contributed by atoms with Gasteiger partial charge in [-0.3, -0.25) is 9.05 Å². The molecule has 8 heteroatoms. The molecule has 2 atom stereocenters. The summed E-state index contributed by atoms with van der Waals surface area (Å²) in [7, 11) is -1.65. The third-order valence-electron chi connectivity index (χ3n) is 3.87. The average Bonchev–Trinajstić information content (AvgIpc) is 2.48. The van der Waals surface area contributed by atoms with Crippen molar-refractivity contribution in [3.63, 3.8) is 0 Å². The third kappa shape index (κ3) is 5.28. The molecule has 0 spiro atoms. The number of hydrogen-bond acceptors (Lipinski definition) is 2. The van der Waals surface area contributed by atoms with E-state index in [0.717, 1.165) is 6.07 Å². The van der Waals surface area contributed by atoms with Gasteiger partial charge in [-0.2, -0.15) is 0 Å². The molecule has 0 amide bonds. The van der Waals surface area contributed by atoms with Gasteiger partial charge < -0.3 is 4.74 Å². The minimum Gasteiger partial charge on any atom is -0.306 e. The highest BCUT2D eigenvalue weighted by Crippen LogP contribution is 2.43. The number of benzene rings is 1. The maximum absolute atomic E-state index is 15.0. The molecule has 140 valence electrons. The molecule has 3 nitrogen and oxygen atoms in total. The minimum absolute atomic E-state index is 0.240. The summed E-state index contributed by atoms with van der Waals surface area (Å²) in [6, 6.07) is 3.78. The Hall–Kier alpha value is -0.910. The lowest BCUT2D eigenvalue weighted by Gasteiger charge is -2.39. The Bertz CT molecular complexity index is 685. The van der Waals surface area contributed by atoms with Crippen molar-refractivity contribution in [2.24, 2.45) is 0 Å². The fraction of sp³-hybridized carbons (Fsp3) is 0.588. The van der Waals surface area contributed by atoms with Crippen LogP contribution in [0.1, 0.15) is 33.3 Å². The molecule has 0 aromatic heterocycles. The molecule has 0 radical (unpaired) electrons. The first-order valence-corrected chi connectivity index (χ1v) is 9.59. The highest BCUT2D eigenvalue weighted by atomic mass is 79.9. The van der Waals surface area contributed by atoms with Crippen LogP contribution in [0.25, 0.3) is 4.85 Å². The molecule has 0 unspecified atom stereocenters. The molecule has 0 aliphatic carbocycles. The molecule has 25 heavy (non-hydrogen) atoms. The van der Waals surface area contributed by atoms with Gasteiger partial charge >= 0.3 is 6.73 Å². The van der Waals surface area contributed by atoms with Crippen LogP contribution >= 0.6 is 15.9 Å². The van der Waals surface area contributed by atoms with Crippen LogP contribution in [0, 0.1) is 12.4 Å². The number of nitrogens with zero attached hydrogens (tertiary/aromatic N) is 1. The van der Waals surface area contributed by atoms with E-state index in [1.807, 2.05) is 0 Å². The largest absolute Gasteiger partial charge is 0.318 e. The second kappa shape index (κ2) is 8.19. The van der Waals surface area contributed by atoms with Crippen LogP contribution in [0.5, 0.6) is 0 Å².